The van der Waals surface area contributed by atoms with Crippen LogP contribution in [0.4, 0.5) is 11.4 Å². The maximum absolute atomic E-state index is 11.4. The summed E-state index contributed by atoms with van der Waals surface area (Å²) in [6.07, 6.45) is 0. The Bertz CT molecular complexity index is 556. The first-order valence-electron chi connectivity index (χ1n) is 5.16. The summed E-state index contributed by atoms with van der Waals surface area (Å²) >= 11 is 0. The van der Waals surface area contributed by atoms with Crippen LogP contribution in [-0.4, -0.2) is 27.4 Å². The van der Waals surface area contributed by atoms with Gasteiger partial charge in [-0.1, -0.05) is 0 Å². The summed E-state index contributed by atoms with van der Waals surface area (Å²) in [5.74, 6) is -0.271. The zero-order chi connectivity index (χ0) is 13.9. The normalized spacial score (nSPS) is 12.8. The average Bonchev–Trinajstić information content (AvgIpc) is 2.28. The molecule has 7 nitrogen and oxygen atoms in total. The zero-order valence-corrected chi connectivity index (χ0v) is 10.9. The molecular weight excluding hydrogens is 256 g/mol. The second-order valence-electron chi connectivity index (χ2n) is 3.78. The van der Waals surface area contributed by atoms with Crippen LogP contribution in [0.5, 0.6) is 0 Å². The molecule has 0 radical (unpaired) electrons. The number of hydrogen-bond donors (Lipinski definition) is 4. The van der Waals surface area contributed by atoms with E-state index in [2.05, 4.69) is 10.6 Å². The molecule has 6 N–H and O–H groups in total. The molecule has 1 rings (SSSR count). The molecule has 1 unspecified atom stereocenters. The Morgan fingerprint density at radius 3 is 2.50 bits per heavy atom. The standard InChI is InChI=1S/C10H16N4O3S/c1-6(10(15)13-2)14-8-4-3-7(11)5-9(8)18(12,16)17/h3-6,14H,11H2,1-2H3,(H,13,15)(H2,12,16,17). The Morgan fingerprint density at radius 1 is 1.39 bits per heavy atom. The highest BCUT2D eigenvalue weighted by Crippen LogP contribution is 2.23. The Labute approximate surface area is 106 Å². The van der Waals surface area contributed by atoms with Crippen LogP contribution >= 0.6 is 0 Å². The topological polar surface area (TPSA) is 127 Å². The van der Waals surface area contributed by atoms with Gasteiger partial charge in [0.2, 0.25) is 15.9 Å². The summed E-state index contributed by atoms with van der Waals surface area (Å²) < 4.78 is 22.8. The quantitative estimate of drug-likeness (QED) is 0.547. The molecule has 100 valence electrons. The van der Waals surface area contributed by atoms with Gasteiger partial charge in [0.15, 0.2) is 0 Å². The minimum Gasteiger partial charge on any atom is -0.399 e. The van der Waals surface area contributed by atoms with Gasteiger partial charge in [0, 0.05) is 12.7 Å². The van der Waals surface area contributed by atoms with E-state index < -0.39 is 16.1 Å². The van der Waals surface area contributed by atoms with Crippen LogP contribution in [-0.2, 0) is 14.8 Å². The second kappa shape index (κ2) is 5.23. The van der Waals surface area contributed by atoms with Crippen LogP contribution in [0.2, 0.25) is 0 Å². The van der Waals surface area contributed by atoms with Crippen LogP contribution in [0.3, 0.4) is 0 Å². The molecule has 0 fully saturated rings. The van der Waals surface area contributed by atoms with Crippen molar-refractivity contribution in [3.8, 4) is 0 Å². The predicted octanol–water partition coefficient (Wildman–Crippen LogP) is -0.537. The number of rotatable bonds is 4. The lowest BCUT2D eigenvalue weighted by Gasteiger charge is -2.16. The van der Waals surface area contributed by atoms with Crippen LogP contribution in [0, 0.1) is 0 Å². The van der Waals surface area contributed by atoms with Gasteiger partial charge in [0.05, 0.1) is 5.69 Å². The number of nitrogen functional groups attached to an aromatic ring is 1. The number of amides is 1. The van der Waals surface area contributed by atoms with Crippen molar-refractivity contribution >= 4 is 27.3 Å². The fraction of sp³-hybridized carbons (Fsp3) is 0.300. The first-order valence-corrected chi connectivity index (χ1v) is 6.71. The van der Waals surface area contributed by atoms with Gasteiger partial charge in [-0.3, -0.25) is 4.79 Å². The number of hydrogen-bond acceptors (Lipinski definition) is 5. The lowest BCUT2D eigenvalue weighted by molar-refractivity contribution is -0.121. The smallest absolute Gasteiger partial charge is 0.241 e. The number of anilines is 2. The minimum atomic E-state index is -3.91. The number of likely N-dealkylation sites (N-methyl/N-ethyl adjacent to an activating group) is 1. The van der Waals surface area contributed by atoms with Crippen LogP contribution in [0.15, 0.2) is 23.1 Å². The van der Waals surface area contributed by atoms with Crippen molar-refractivity contribution in [3.63, 3.8) is 0 Å². The summed E-state index contributed by atoms with van der Waals surface area (Å²) in [4.78, 5) is 11.2. The molecular formula is C10H16N4O3S. The largest absolute Gasteiger partial charge is 0.399 e. The summed E-state index contributed by atoms with van der Waals surface area (Å²) in [6.45, 7) is 1.60. The monoisotopic (exact) mass is 272 g/mol. The Balaban J connectivity index is 3.14. The lowest BCUT2D eigenvalue weighted by Crippen LogP contribution is -2.35. The second-order valence-corrected chi connectivity index (χ2v) is 5.31. The van der Waals surface area contributed by atoms with E-state index in [1.807, 2.05) is 0 Å². The van der Waals surface area contributed by atoms with Gasteiger partial charge >= 0.3 is 0 Å². The third-order valence-electron chi connectivity index (χ3n) is 2.32. The van der Waals surface area contributed by atoms with Crippen molar-refractivity contribution in [1.82, 2.24) is 5.32 Å². The molecule has 0 aliphatic carbocycles. The van der Waals surface area contributed by atoms with Gasteiger partial charge in [0.25, 0.3) is 0 Å². The van der Waals surface area contributed by atoms with Crippen LogP contribution < -0.4 is 21.5 Å². The highest BCUT2D eigenvalue weighted by Gasteiger charge is 2.18. The molecule has 1 atom stereocenters. The van der Waals surface area contributed by atoms with Crippen molar-refractivity contribution in [2.24, 2.45) is 5.14 Å². The number of benzene rings is 1. The molecule has 0 bridgehead atoms. The van der Waals surface area contributed by atoms with E-state index in [0.29, 0.717) is 0 Å². The van der Waals surface area contributed by atoms with Crippen LogP contribution in [0.1, 0.15) is 6.92 Å². The summed E-state index contributed by atoms with van der Waals surface area (Å²) in [5, 5.41) is 10.3. The number of nitrogens with two attached hydrogens (primary N) is 2. The van der Waals surface area contributed by atoms with Gasteiger partial charge in [0.1, 0.15) is 10.9 Å². The van der Waals surface area contributed by atoms with Crippen molar-refractivity contribution in [3.05, 3.63) is 18.2 Å². The molecule has 1 aromatic carbocycles. The van der Waals surface area contributed by atoms with Crippen LogP contribution in [0.25, 0.3) is 0 Å². The molecule has 0 heterocycles. The molecule has 1 amide bonds. The third kappa shape index (κ3) is 3.34. The number of carbonyl (C=O) groups is 1. The molecule has 0 aliphatic heterocycles. The molecule has 18 heavy (non-hydrogen) atoms. The van der Waals surface area contributed by atoms with E-state index >= 15 is 0 Å². The van der Waals surface area contributed by atoms with Gasteiger partial charge < -0.3 is 16.4 Å². The Morgan fingerprint density at radius 2 is 2.00 bits per heavy atom. The summed E-state index contributed by atoms with van der Waals surface area (Å²) in [5.41, 5.74) is 6.03. The van der Waals surface area contributed by atoms with Gasteiger partial charge in [-0.2, -0.15) is 0 Å². The predicted molar refractivity (Wildman–Crippen MR) is 69.4 cm³/mol. The fourth-order valence-electron chi connectivity index (χ4n) is 1.41. The highest BCUT2D eigenvalue weighted by atomic mass is 32.2. The minimum absolute atomic E-state index is 0.141. The Kier molecular flexibility index (Phi) is 4.15. The SMILES string of the molecule is CNC(=O)C(C)Nc1ccc(N)cc1S(N)(=O)=O. The number of carbonyl (C=O) groups excluding carboxylic acids is 1. The maximum atomic E-state index is 11.4. The molecule has 8 heteroatoms. The first kappa shape index (κ1) is 14.3. The zero-order valence-electron chi connectivity index (χ0n) is 10.1. The third-order valence-corrected chi connectivity index (χ3v) is 3.27. The molecule has 0 spiro atoms. The van der Waals surface area contributed by atoms with E-state index in [-0.39, 0.29) is 22.2 Å². The molecule has 0 saturated heterocycles. The first-order chi connectivity index (χ1) is 8.25. The highest BCUT2D eigenvalue weighted by molar-refractivity contribution is 7.89. The average molecular weight is 272 g/mol. The van der Waals surface area contributed by atoms with Crippen molar-refractivity contribution in [2.45, 2.75) is 17.9 Å². The van der Waals surface area contributed by atoms with Crippen molar-refractivity contribution < 1.29 is 13.2 Å². The summed E-state index contributed by atoms with van der Waals surface area (Å²) in [7, 11) is -2.42. The van der Waals surface area contributed by atoms with Crippen molar-refractivity contribution in [1.29, 1.82) is 0 Å². The fourth-order valence-corrected chi connectivity index (χ4v) is 2.14. The Hall–Kier alpha value is -1.80. The summed E-state index contributed by atoms with van der Waals surface area (Å²) in [6, 6.07) is 3.63. The van der Waals surface area contributed by atoms with Gasteiger partial charge in [-0.05, 0) is 25.1 Å². The maximum Gasteiger partial charge on any atom is 0.241 e. The number of nitrogens with one attached hydrogen (secondary N) is 2. The van der Waals surface area contributed by atoms with E-state index in [9.17, 15) is 13.2 Å². The molecule has 0 aliphatic rings. The number of primary sulfonamides is 1. The van der Waals surface area contributed by atoms with Gasteiger partial charge in [-0.15, -0.1) is 0 Å². The lowest BCUT2D eigenvalue weighted by atomic mass is 10.2. The van der Waals surface area contributed by atoms with Gasteiger partial charge in [-0.25, -0.2) is 13.6 Å². The number of sulfonamides is 1. The van der Waals surface area contributed by atoms with Crippen molar-refractivity contribution in [2.75, 3.05) is 18.1 Å². The molecule has 0 aromatic heterocycles. The molecule has 0 saturated carbocycles. The molecule has 1 aromatic rings. The van der Waals surface area contributed by atoms with E-state index in [1.165, 1.54) is 25.2 Å². The van der Waals surface area contributed by atoms with E-state index in [0.717, 1.165) is 0 Å². The van der Waals surface area contributed by atoms with E-state index in [4.69, 9.17) is 10.9 Å². The van der Waals surface area contributed by atoms with E-state index in [1.54, 1.807) is 6.92 Å².